The zero-order valence-electron chi connectivity index (χ0n) is 16.2. The molecule has 29 heavy (non-hydrogen) atoms. The van der Waals surface area contributed by atoms with Crippen LogP contribution in [0, 0.1) is 11.8 Å². The predicted octanol–water partition coefficient (Wildman–Crippen LogP) is 3.09. The molecule has 0 saturated heterocycles. The van der Waals surface area contributed by atoms with Crippen LogP contribution in [-0.4, -0.2) is 29.9 Å². The fraction of sp³-hybridized carbons (Fsp3) is 0.381. The summed E-state index contributed by atoms with van der Waals surface area (Å²) in [4.78, 5) is 37.5. The zero-order valence-corrected chi connectivity index (χ0v) is 16.2. The standard InChI is InChI=1S/C21H22F2N2O4/c1-12-6-14(12)9-18(26)15-8-17(19(27)24-2)20(28)25(11-15)10-13-4-3-5-16(7-13)29-21(22)23/h3-5,7-8,11-12,14,21H,6,9-10H2,1-2H3,(H,24,27)/t12-,14+/m0/s1. The van der Waals surface area contributed by atoms with Crippen LogP contribution in [0.5, 0.6) is 5.75 Å². The van der Waals surface area contributed by atoms with Gasteiger partial charge in [0.15, 0.2) is 5.78 Å². The Kier molecular flexibility index (Phi) is 6.10. The van der Waals surface area contributed by atoms with Gasteiger partial charge in [0.1, 0.15) is 11.3 Å². The Balaban J connectivity index is 1.94. The molecule has 2 aromatic rings. The minimum absolute atomic E-state index is 0.00418. The minimum atomic E-state index is -2.96. The van der Waals surface area contributed by atoms with E-state index in [1.807, 2.05) is 0 Å². The van der Waals surface area contributed by atoms with Crippen LogP contribution in [0.15, 0.2) is 41.3 Å². The number of hydrogen-bond donors (Lipinski definition) is 1. The van der Waals surface area contributed by atoms with E-state index in [4.69, 9.17) is 0 Å². The number of halogens is 2. The molecular formula is C21H22F2N2O4. The summed E-state index contributed by atoms with van der Waals surface area (Å²) in [5, 5.41) is 2.40. The van der Waals surface area contributed by atoms with Crippen LogP contribution in [0.1, 0.15) is 46.0 Å². The molecule has 6 nitrogen and oxygen atoms in total. The molecule has 3 rings (SSSR count). The van der Waals surface area contributed by atoms with Crippen molar-refractivity contribution in [2.24, 2.45) is 11.8 Å². The van der Waals surface area contributed by atoms with E-state index in [9.17, 15) is 23.2 Å². The highest BCUT2D eigenvalue weighted by atomic mass is 19.3. The number of amides is 1. The van der Waals surface area contributed by atoms with E-state index in [1.54, 1.807) is 6.07 Å². The lowest BCUT2D eigenvalue weighted by Crippen LogP contribution is -2.32. The van der Waals surface area contributed by atoms with E-state index >= 15 is 0 Å². The number of Topliss-reactive ketones (excluding diaryl/α,β-unsaturated/α-hetero) is 1. The number of rotatable bonds is 8. The third-order valence-electron chi connectivity index (χ3n) is 5.08. The van der Waals surface area contributed by atoms with Gasteiger partial charge in [0.05, 0.1) is 6.54 Å². The fourth-order valence-electron chi connectivity index (χ4n) is 3.26. The molecule has 1 heterocycles. The molecule has 1 fully saturated rings. The number of hydrogen-bond acceptors (Lipinski definition) is 4. The molecule has 1 saturated carbocycles. The number of nitrogens with one attached hydrogen (secondary N) is 1. The fourth-order valence-corrected chi connectivity index (χ4v) is 3.26. The highest BCUT2D eigenvalue weighted by Gasteiger charge is 2.34. The van der Waals surface area contributed by atoms with Gasteiger partial charge < -0.3 is 14.6 Å². The second-order valence-electron chi connectivity index (χ2n) is 7.28. The summed E-state index contributed by atoms with van der Waals surface area (Å²) in [7, 11) is 1.40. The molecule has 1 aliphatic rings. The maximum absolute atomic E-state index is 12.7. The minimum Gasteiger partial charge on any atom is -0.435 e. The smallest absolute Gasteiger partial charge is 0.387 e. The highest BCUT2D eigenvalue weighted by molar-refractivity contribution is 6.00. The highest BCUT2D eigenvalue weighted by Crippen LogP contribution is 2.41. The number of pyridine rings is 1. The Hall–Kier alpha value is -3.03. The van der Waals surface area contributed by atoms with Gasteiger partial charge in [-0.3, -0.25) is 14.4 Å². The summed E-state index contributed by atoms with van der Waals surface area (Å²) < 4.78 is 30.5. The van der Waals surface area contributed by atoms with E-state index in [0.717, 1.165) is 6.42 Å². The van der Waals surface area contributed by atoms with Crippen LogP contribution in [-0.2, 0) is 6.54 Å². The molecule has 0 unspecified atom stereocenters. The Morgan fingerprint density at radius 3 is 2.66 bits per heavy atom. The number of nitrogens with zero attached hydrogens (tertiary/aromatic N) is 1. The second kappa shape index (κ2) is 8.55. The van der Waals surface area contributed by atoms with Crippen LogP contribution >= 0.6 is 0 Å². The lowest BCUT2D eigenvalue weighted by atomic mass is 10.0. The van der Waals surface area contributed by atoms with Gasteiger partial charge in [-0.25, -0.2) is 0 Å². The first-order valence-corrected chi connectivity index (χ1v) is 9.32. The van der Waals surface area contributed by atoms with Crippen LogP contribution in [0.25, 0.3) is 0 Å². The summed E-state index contributed by atoms with van der Waals surface area (Å²) in [5.41, 5.74) is 0.0962. The molecule has 8 heteroatoms. The van der Waals surface area contributed by atoms with E-state index < -0.39 is 18.1 Å². The monoisotopic (exact) mass is 404 g/mol. The van der Waals surface area contributed by atoms with Gasteiger partial charge in [-0.15, -0.1) is 0 Å². The van der Waals surface area contributed by atoms with Crippen molar-refractivity contribution in [2.45, 2.75) is 32.9 Å². The van der Waals surface area contributed by atoms with Crippen LogP contribution in [0.4, 0.5) is 8.78 Å². The van der Waals surface area contributed by atoms with Crippen LogP contribution in [0.3, 0.4) is 0 Å². The van der Waals surface area contributed by atoms with Gasteiger partial charge in [0.25, 0.3) is 11.5 Å². The Morgan fingerprint density at radius 2 is 2.03 bits per heavy atom. The van der Waals surface area contributed by atoms with Crippen molar-refractivity contribution < 1.29 is 23.1 Å². The number of aromatic nitrogens is 1. The number of benzene rings is 1. The SMILES string of the molecule is CNC(=O)c1cc(C(=O)C[C@H]2C[C@@H]2C)cn(Cc2cccc(OC(F)F)c2)c1=O. The van der Waals surface area contributed by atoms with Crippen molar-refractivity contribution in [3.8, 4) is 5.75 Å². The van der Waals surface area contributed by atoms with Gasteiger partial charge in [0, 0.05) is 25.2 Å². The third kappa shape index (κ3) is 5.07. The zero-order chi connectivity index (χ0) is 21.1. The van der Waals surface area contributed by atoms with Gasteiger partial charge >= 0.3 is 6.61 Å². The van der Waals surface area contributed by atoms with Crippen molar-refractivity contribution in [1.82, 2.24) is 9.88 Å². The topological polar surface area (TPSA) is 77.4 Å². The number of alkyl halides is 2. The lowest BCUT2D eigenvalue weighted by Gasteiger charge is -2.12. The first-order chi connectivity index (χ1) is 13.8. The number of ketones is 1. The van der Waals surface area contributed by atoms with Crippen LogP contribution < -0.4 is 15.6 Å². The van der Waals surface area contributed by atoms with E-state index in [2.05, 4.69) is 17.0 Å². The Bertz CT molecular complexity index is 987. The molecule has 1 aromatic heterocycles. The molecule has 1 aromatic carbocycles. The van der Waals surface area contributed by atoms with Gasteiger partial charge in [-0.1, -0.05) is 19.1 Å². The Labute approximate surface area is 166 Å². The lowest BCUT2D eigenvalue weighted by molar-refractivity contribution is -0.0498. The average molecular weight is 404 g/mol. The molecule has 0 aliphatic heterocycles. The van der Waals surface area contributed by atoms with Crippen molar-refractivity contribution in [3.63, 3.8) is 0 Å². The van der Waals surface area contributed by atoms with Gasteiger partial charge in [0.2, 0.25) is 0 Å². The summed E-state index contributed by atoms with van der Waals surface area (Å²) >= 11 is 0. The Morgan fingerprint density at radius 1 is 1.31 bits per heavy atom. The van der Waals surface area contributed by atoms with Crippen molar-refractivity contribution in [3.05, 3.63) is 63.6 Å². The number of ether oxygens (including phenoxy) is 1. The molecule has 0 bridgehead atoms. The molecule has 1 N–H and O–H groups in total. The predicted molar refractivity (Wildman–Crippen MR) is 102 cm³/mol. The average Bonchev–Trinajstić information content (AvgIpc) is 3.36. The molecular weight excluding hydrogens is 382 g/mol. The summed E-state index contributed by atoms with van der Waals surface area (Å²) in [5.74, 6) is 0.0726. The van der Waals surface area contributed by atoms with E-state index in [-0.39, 0.29) is 29.2 Å². The summed E-state index contributed by atoms with van der Waals surface area (Å²) in [6.07, 6.45) is 2.78. The molecule has 1 amide bonds. The third-order valence-corrected chi connectivity index (χ3v) is 5.08. The van der Waals surface area contributed by atoms with Gasteiger partial charge in [-0.2, -0.15) is 8.78 Å². The molecule has 0 spiro atoms. The van der Waals surface area contributed by atoms with E-state index in [0.29, 0.717) is 23.8 Å². The van der Waals surface area contributed by atoms with E-state index in [1.165, 1.54) is 42.1 Å². The summed E-state index contributed by atoms with van der Waals surface area (Å²) in [6.45, 7) is -0.883. The molecule has 0 radical (unpaired) electrons. The summed E-state index contributed by atoms with van der Waals surface area (Å²) in [6, 6.07) is 7.26. The number of carbonyl (C=O) groups excluding carboxylic acids is 2. The second-order valence-corrected chi connectivity index (χ2v) is 7.28. The largest absolute Gasteiger partial charge is 0.435 e. The maximum atomic E-state index is 12.7. The molecule has 1 aliphatic carbocycles. The van der Waals surface area contributed by atoms with Gasteiger partial charge in [-0.05, 0) is 42.0 Å². The molecule has 154 valence electrons. The van der Waals surface area contributed by atoms with Crippen LogP contribution in [0.2, 0.25) is 0 Å². The quantitative estimate of drug-likeness (QED) is 0.686. The van der Waals surface area contributed by atoms with Crippen molar-refractivity contribution in [2.75, 3.05) is 7.05 Å². The number of carbonyl (C=O) groups is 2. The molecule has 2 atom stereocenters. The maximum Gasteiger partial charge on any atom is 0.387 e. The van der Waals surface area contributed by atoms with Crippen molar-refractivity contribution in [1.29, 1.82) is 0 Å². The first kappa shape index (κ1) is 20.7. The normalized spacial score (nSPS) is 17.8. The van der Waals surface area contributed by atoms with Crippen molar-refractivity contribution >= 4 is 11.7 Å². The first-order valence-electron chi connectivity index (χ1n) is 9.32.